The van der Waals surface area contributed by atoms with Crippen LogP contribution in [0.4, 0.5) is 13.2 Å². The van der Waals surface area contributed by atoms with E-state index in [2.05, 4.69) is 19.2 Å². The molecule has 0 amide bonds. The van der Waals surface area contributed by atoms with Gasteiger partial charge in [-0.2, -0.15) is 24.9 Å². The summed E-state index contributed by atoms with van der Waals surface area (Å²) in [4.78, 5) is 0. The normalized spacial score (nSPS) is 20.0. The molecule has 0 aliphatic carbocycles. The number of nitrogens with one attached hydrogen (secondary N) is 1. The van der Waals surface area contributed by atoms with Crippen molar-refractivity contribution < 1.29 is 17.9 Å². The monoisotopic (exact) mass is 367 g/mol. The van der Waals surface area contributed by atoms with Crippen LogP contribution in [0.1, 0.15) is 25.8 Å². The van der Waals surface area contributed by atoms with E-state index < -0.39 is 11.7 Å². The van der Waals surface area contributed by atoms with Gasteiger partial charge in [0.25, 0.3) is 0 Å². The second kappa shape index (κ2) is 7.99. The second-order valence-electron chi connectivity index (χ2n) is 5.90. The van der Waals surface area contributed by atoms with Gasteiger partial charge >= 0.3 is 6.18 Å². The fourth-order valence-corrected chi connectivity index (χ4v) is 3.78. The summed E-state index contributed by atoms with van der Waals surface area (Å²) < 4.78 is 45.6. The number of benzene rings is 1. The fourth-order valence-electron chi connectivity index (χ4n) is 2.59. The van der Waals surface area contributed by atoms with Crippen LogP contribution in [0.2, 0.25) is 5.02 Å². The minimum atomic E-state index is -4.53. The van der Waals surface area contributed by atoms with E-state index in [1.807, 2.05) is 0 Å². The standard InChI is InChI=1S/C16H21ClF3NOS/c1-10(2)23-9-14(11-6-7-21-8-11)22-13-5-3-4-12(17)15(13)16(18,19)20/h3-5,10-11,14,21H,6-9H2,1-2H3. The van der Waals surface area contributed by atoms with E-state index in [0.29, 0.717) is 11.0 Å². The summed E-state index contributed by atoms with van der Waals surface area (Å²) in [5, 5.41) is 3.32. The molecule has 23 heavy (non-hydrogen) atoms. The number of alkyl halides is 3. The molecule has 0 radical (unpaired) electrons. The molecule has 1 aromatic carbocycles. The highest BCUT2D eigenvalue weighted by atomic mass is 35.5. The zero-order valence-corrected chi connectivity index (χ0v) is 14.7. The molecule has 0 aromatic heterocycles. The van der Waals surface area contributed by atoms with Crippen LogP contribution in [0.15, 0.2) is 18.2 Å². The van der Waals surface area contributed by atoms with Crippen LogP contribution in [0.5, 0.6) is 5.75 Å². The lowest BCUT2D eigenvalue weighted by molar-refractivity contribution is -0.139. The number of hydrogen-bond donors (Lipinski definition) is 1. The summed E-state index contributed by atoms with van der Waals surface area (Å²) in [6.07, 6.45) is -3.89. The fraction of sp³-hybridized carbons (Fsp3) is 0.625. The Morgan fingerprint density at radius 1 is 1.39 bits per heavy atom. The molecule has 1 N–H and O–H groups in total. The van der Waals surface area contributed by atoms with Gasteiger partial charge in [0.1, 0.15) is 17.4 Å². The Morgan fingerprint density at radius 2 is 2.13 bits per heavy atom. The van der Waals surface area contributed by atoms with Gasteiger partial charge in [-0.15, -0.1) is 0 Å². The highest BCUT2D eigenvalue weighted by Gasteiger charge is 2.38. The van der Waals surface area contributed by atoms with Crippen molar-refractivity contribution >= 4 is 23.4 Å². The maximum absolute atomic E-state index is 13.3. The quantitative estimate of drug-likeness (QED) is 0.776. The maximum Gasteiger partial charge on any atom is 0.421 e. The van der Waals surface area contributed by atoms with Gasteiger partial charge in [0, 0.05) is 18.2 Å². The number of thioether (sulfide) groups is 1. The lowest BCUT2D eigenvalue weighted by atomic mass is 10.0. The third-order valence-corrected chi connectivity index (χ3v) is 5.26. The van der Waals surface area contributed by atoms with Crippen LogP contribution in [0.25, 0.3) is 0 Å². The molecule has 1 aromatic rings. The van der Waals surface area contributed by atoms with Gasteiger partial charge in [0.05, 0.1) is 5.02 Å². The number of ether oxygens (including phenoxy) is 1. The average molecular weight is 368 g/mol. The number of rotatable bonds is 6. The molecule has 130 valence electrons. The van der Waals surface area contributed by atoms with Crippen LogP contribution >= 0.6 is 23.4 Å². The molecule has 0 spiro atoms. The minimum Gasteiger partial charge on any atom is -0.489 e. The van der Waals surface area contributed by atoms with Gasteiger partial charge in [-0.3, -0.25) is 0 Å². The molecule has 0 bridgehead atoms. The van der Waals surface area contributed by atoms with Gasteiger partial charge in [0.2, 0.25) is 0 Å². The molecule has 1 fully saturated rings. The zero-order valence-electron chi connectivity index (χ0n) is 13.1. The van der Waals surface area contributed by atoms with Crippen molar-refractivity contribution in [3.63, 3.8) is 0 Å². The third-order valence-electron chi connectivity index (χ3n) is 3.76. The molecule has 0 saturated carbocycles. The largest absolute Gasteiger partial charge is 0.489 e. The number of hydrogen-bond acceptors (Lipinski definition) is 3. The van der Waals surface area contributed by atoms with Crippen molar-refractivity contribution in [1.29, 1.82) is 0 Å². The smallest absolute Gasteiger partial charge is 0.421 e. The summed E-state index contributed by atoms with van der Waals surface area (Å²) in [5.74, 6) is 0.695. The van der Waals surface area contributed by atoms with Gasteiger partial charge in [-0.1, -0.05) is 31.5 Å². The average Bonchev–Trinajstić information content (AvgIpc) is 2.95. The van der Waals surface area contributed by atoms with Crippen molar-refractivity contribution in [2.75, 3.05) is 18.8 Å². The van der Waals surface area contributed by atoms with Gasteiger partial charge in [-0.05, 0) is 30.3 Å². The number of halogens is 4. The SMILES string of the molecule is CC(C)SCC(Oc1cccc(Cl)c1C(F)(F)F)C1CCNC1. The molecule has 2 unspecified atom stereocenters. The molecule has 1 heterocycles. The predicted octanol–water partition coefficient (Wildman–Crippen LogP) is 4.86. The molecular formula is C16H21ClF3NOS. The zero-order chi connectivity index (χ0) is 17.0. The molecule has 7 heteroatoms. The first-order valence-corrected chi connectivity index (χ1v) is 9.06. The summed E-state index contributed by atoms with van der Waals surface area (Å²) in [7, 11) is 0. The second-order valence-corrected chi connectivity index (χ2v) is 7.92. The van der Waals surface area contributed by atoms with E-state index in [9.17, 15) is 13.2 Å². The first kappa shape index (κ1) is 18.7. The summed E-state index contributed by atoms with van der Waals surface area (Å²) in [6.45, 7) is 5.77. The van der Waals surface area contributed by atoms with Crippen LogP contribution < -0.4 is 10.1 Å². The van der Waals surface area contributed by atoms with Crippen LogP contribution in [-0.4, -0.2) is 30.2 Å². The van der Waals surface area contributed by atoms with Crippen molar-refractivity contribution in [3.05, 3.63) is 28.8 Å². The van der Waals surface area contributed by atoms with Gasteiger partial charge in [-0.25, -0.2) is 0 Å². The van der Waals surface area contributed by atoms with Gasteiger partial charge in [0.15, 0.2) is 0 Å². The van der Waals surface area contributed by atoms with Crippen LogP contribution in [-0.2, 0) is 6.18 Å². The van der Waals surface area contributed by atoms with E-state index in [-0.39, 0.29) is 22.8 Å². The van der Waals surface area contributed by atoms with E-state index in [1.165, 1.54) is 18.2 Å². The Labute approximate surface area is 144 Å². The Balaban J connectivity index is 2.23. The van der Waals surface area contributed by atoms with Crippen LogP contribution in [0.3, 0.4) is 0 Å². The van der Waals surface area contributed by atoms with Gasteiger partial charge < -0.3 is 10.1 Å². The Morgan fingerprint density at radius 3 is 2.70 bits per heavy atom. The van der Waals surface area contributed by atoms with Crippen molar-refractivity contribution in [2.45, 2.75) is 37.8 Å². The van der Waals surface area contributed by atoms with Crippen LogP contribution in [0, 0.1) is 5.92 Å². The summed E-state index contributed by atoms with van der Waals surface area (Å²) in [6, 6.07) is 4.09. The lowest BCUT2D eigenvalue weighted by Crippen LogP contribution is -2.32. The molecule has 2 nitrogen and oxygen atoms in total. The Bertz CT molecular complexity index is 519. The topological polar surface area (TPSA) is 21.3 Å². The Hall–Kier alpha value is -0.590. The molecular weight excluding hydrogens is 347 g/mol. The lowest BCUT2D eigenvalue weighted by Gasteiger charge is -2.26. The first-order valence-electron chi connectivity index (χ1n) is 7.63. The van der Waals surface area contributed by atoms with E-state index >= 15 is 0 Å². The Kier molecular flexibility index (Phi) is 6.51. The first-order chi connectivity index (χ1) is 10.8. The van der Waals surface area contributed by atoms with E-state index in [4.69, 9.17) is 16.3 Å². The van der Waals surface area contributed by atoms with Crippen molar-refractivity contribution in [1.82, 2.24) is 5.32 Å². The molecule has 2 atom stereocenters. The molecule has 1 saturated heterocycles. The van der Waals surface area contributed by atoms with Crippen molar-refractivity contribution in [3.8, 4) is 5.75 Å². The summed E-state index contributed by atoms with van der Waals surface area (Å²) in [5.41, 5.74) is -0.882. The highest BCUT2D eigenvalue weighted by molar-refractivity contribution is 7.99. The maximum atomic E-state index is 13.3. The third kappa shape index (κ3) is 5.19. The molecule has 1 aliphatic heterocycles. The van der Waals surface area contributed by atoms with Crippen molar-refractivity contribution in [2.24, 2.45) is 5.92 Å². The highest BCUT2D eigenvalue weighted by Crippen LogP contribution is 2.42. The molecule has 2 rings (SSSR count). The predicted molar refractivity (Wildman–Crippen MR) is 89.4 cm³/mol. The minimum absolute atomic E-state index is 0.175. The van der Waals surface area contributed by atoms with E-state index in [1.54, 1.807) is 11.8 Å². The summed E-state index contributed by atoms with van der Waals surface area (Å²) >= 11 is 7.46. The van der Waals surface area contributed by atoms with E-state index in [0.717, 1.165) is 19.5 Å². The molecule has 1 aliphatic rings.